The fourth-order valence-corrected chi connectivity index (χ4v) is 5.77. The van der Waals surface area contributed by atoms with Crippen LogP contribution in [0, 0.1) is 23.2 Å². The Balaban J connectivity index is 1.91. The number of carbonyl (C=O) groups is 1. The largest absolute Gasteiger partial charge is 0.351 e. The van der Waals surface area contributed by atoms with Gasteiger partial charge in [-0.25, -0.2) is 0 Å². The van der Waals surface area contributed by atoms with E-state index in [0.717, 1.165) is 24.2 Å². The first-order valence-electron chi connectivity index (χ1n) is 7.75. The molecular weight excluding hydrogens is 222 g/mol. The third kappa shape index (κ3) is 1.71. The maximum atomic E-state index is 11.6. The minimum atomic E-state index is 0.0227. The summed E-state index contributed by atoms with van der Waals surface area (Å²) in [7, 11) is 0. The molecule has 0 aromatic carbocycles. The molecule has 0 spiro atoms. The summed E-state index contributed by atoms with van der Waals surface area (Å²) in [5, 5.41) is 3.32. The summed E-state index contributed by atoms with van der Waals surface area (Å²) in [4.78, 5) is 11.6. The van der Waals surface area contributed by atoms with E-state index in [2.05, 4.69) is 19.2 Å². The van der Waals surface area contributed by atoms with Crippen LogP contribution < -0.4 is 5.32 Å². The van der Waals surface area contributed by atoms with E-state index in [1.54, 1.807) is 6.92 Å². The molecule has 18 heavy (non-hydrogen) atoms. The summed E-state index contributed by atoms with van der Waals surface area (Å²) in [6.45, 7) is 6.23. The first-order valence-corrected chi connectivity index (χ1v) is 7.75. The molecule has 1 unspecified atom stereocenters. The maximum absolute atomic E-state index is 11.6. The van der Waals surface area contributed by atoms with Crippen molar-refractivity contribution >= 4 is 5.91 Å². The predicted molar refractivity (Wildman–Crippen MR) is 73.1 cm³/mol. The molecule has 4 fully saturated rings. The van der Waals surface area contributed by atoms with Crippen molar-refractivity contribution in [3.63, 3.8) is 0 Å². The van der Waals surface area contributed by atoms with Crippen LogP contribution in [-0.2, 0) is 4.79 Å². The lowest BCUT2D eigenvalue weighted by atomic mass is 9.44. The number of amides is 1. The van der Waals surface area contributed by atoms with Crippen LogP contribution in [0.3, 0.4) is 0 Å². The fourth-order valence-electron chi connectivity index (χ4n) is 5.77. The van der Waals surface area contributed by atoms with Gasteiger partial charge in [-0.3, -0.25) is 4.79 Å². The van der Waals surface area contributed by atoms with Gasteiger partial charge in [-0.2, -0.15) is 0 Å². The van der Waals surface area contributed by atoms with Gasteiger partial charge in [-0.15, -0.1) is 0 Å². The first kappa shape index (κ1) is 12.5. The molecule has 2 nitrogen and oxygen atoms in total. The van der Waals surface area contributed by atoms with E-state index in [0.29, 0.717) is 5.41 Å². The van der Waals surface area contributed by atoms with Crippen molar-refractivity contribution in [1.82, 2.24) is 5.32 Å². The van der Waals surface area contributed by atoms with E-state index in [9.17, 15) is 4.79 Å². The van der Waals surface area contributed by atoms with Crippen LogP contribution in [-0.4, -0.2) is 11.4 Å². The Hall–Kier alpha value is -0.530. The lowest BCUT2D eigenvalue weighted by molar-refractivity contribution is -0.132. The van der Waals surface area contributed by atoms with Crippen molar-refractivity contribution in [2.24, 2.45) is 23.2 Å². The highest BCUT2D eigenvalue weighted by molar-refractivity contribution is 5.74. The molecular formula is C16H27NO. The van der Waals surface area contributed by atoms with E-state index >= 15 is 0 Å². The molecule has 0 radical (unpaired) electrons. The van der Waals surface area contributed by atoms with Gasteiger partial charge in [-0.05, 0) is 75.0 Å². The molecule has 0 saturated heterocycles. The molecule has 1 N–H and O–H groups in total. The van der Waals surface area contributed by atoms with Gasteiger partial charge in [0.2, 0.25) is 5.91 Å². The molecule has 4 aliphatic carbocycles. The monoisotopic (exact) mass is 249 g/mol. The van der Waals surface area contributed by atoms with Crippen molar-refractivity contribution in [2.45, 2.75) is 71.3 Å². The zero-order valence-electron chi connectivity index (χ0n) is 12.1. The number of hydrogen-bond donors (Lipinski definition) is 1. The Morgan fingerprint density at radius 1 is 1.17 bits per heavy atom. The van der Waals surface area contributed by atoms with Crippen molar-refractivity contribution in [3.05, 3.63) is 0 Å². The van der Waals surface area contributed by atoms with Gasteiger partial charge in [0, 0.05) is 12.5 Å². The predicted octanol–water partition coefficient (Wildman–Crippen LogP) is 3.51. The van der Waals surface area contributed by atoms with Gasteiger partial charge in [0.05, 0.1) is 0 Å². The zero-order valence-corrected chi connectivity index (χ0v) is 12.1. The van der Waals surface area contributed by atoms with Crippen molar-refractivity contribution in [3.8, 4) is 0 Å². The van der Waals surface area contributed by atoms with Crippen molar-refractivity contribution < 1.29 is 4.79 Å². The third-order valence-electron chi connectivity index (χ3n) is 6.37. The molecule has 4 saturated carbocycles. The summed E-state index contributed by atoms with van der Waals surface area (Å²) < 4.78 is 0. The minimum absolute atomic E-state index is 0.0227. The molecule has 4 aliphatic rings. The van der Waals surface area contributed by atoms with Crippen molar-refractivity contribution in [1.29, 1.82) is 0 Å². The lowest BCUT2D eigenvalue weighted by Crippen LogP contribution is -2.63. The first-order chi connectivity index (χ1) is 8.46. The Kier molecular flexibility index (Phi) is 2.76. The molecule has 4 rings (SSSR count). The van der Waals surface area contributed by atoms with Crippen LogP contribution in [0.5, 0.6) is 0 Å². The summed E-state index contributed by atoms with van der Waals surface area (Å²) >= 11 is 0. The van der Waals surface area contributed by atoms with Crippen molar-refractivity contribution in [2.75, 3.05) is 0 Å². The molecule has 2 heteroatoms. The second-order valence-electron chi connectivity index (χ2n) is 7.56. The Labute approximate surface area is 111 Å². The van der Waals surface area contributed by atoms with Crippen LogP contribution >= 0.6 is 0 Å². The smallest absolute Gasteiger partial charge is 0.217 e. The van der Waals surface area contributed by atoms with E-state index in [4.69, 9.17) is 0 Å². The highest BCUT2D eigenvalue weighted by atomic mass is 16.1. The molecule has 0 aromatic rings. The van der Waals surface area contributed by atoms with Crippen LogP contribution in [0.1, 0.15) is 65.7 Å². The second kappa shape index (κ2) is 3.98. The van der Waals surface area contributed by atoms with E-state index in [-0.39, 0.29) is 11.4 Å². The average molecular weight is 249 g/mol. The highest BCUT2D eigenvalue weighted by Crippen LogP contribution is 2.64. The van der Waals surface area contributed by atoms with Gasteiger partial charge in [0.1, 0.15) is 0 Å². The number of rotatable bonds is 3. The number of hydrogen-bond acceptors (Lipinski definition) is 1. The molecule has 1 amide bonds. The Morgan fingerprint density at radius 3 is 1.94 bits per heavy atom. The number of nitrogens with one attached hydrogen (secondary N) is 1. The molecule has 1 atom stereocenters. The van der Waals surface area contributed by atoms with Crippen LogP contribution in [0.4, 0.5) is 0 Å². The average Bonchev–Trinajstić information content (AvgIpc) is 2.25. The number of carbonyl (C=O) groups excluding carboxylic acids is 1. The van der Waals surface area contributed by atoms with E-state index < -0.39 is 0 Å². The van der Waals surface area contributed by atoms with Crippen LogP contribution in [0.25, 0.3) is 0 Å². The second-order valence-corrected chi connectivity index (χ2v) is 7.56. The van der Waals surface area contributed by atoms with E-state index in [1.165, 1.54) is 38.5 Å². The maximum Gasteiger partial charge on any atom is 0.217 e. The summed E-state index contributed by atoms with van der Waals surface area (Å²) in [5.41, 5.74) is 0.428. The standard InChI is InChI=1S/C16H27NO/c1-4-15(3,17-11(2)18)16-8-12-5-13(9-16)7-14(6-12)10-16/h12-14H,4-10H2,1-3H3,(H,17,18). The quantitative estimate of drug-likeness (QED) is 0.815. The summed E-state index contributed by atoms with van der Waals surface area (Å²) in [6, 6.07) is 0. The van der Waals surface area contributed by atoms with Gasteiger partial charge in [-0.1, -0.05) is 6.92 Å². The fraction of sp³-hybridized carbons (Fsp3) is 0.938. The van der Waals surface area contributed by atoms with Gasteiger partial charge in [0.25, 0.3) is 0 Å². The van der Waals surface area contributed by atoms with Gasteiger partial charge < -0.3 is 5.32 Å². The molecule has 0 heterocycles. The van der Waals surface area contributed by atoms with Crippen LogP contribution in [0.15, 0.2) is 0 Å². The lowest BCUT2D eigenvalue weighted by Gasteiger charge is -2.63. The molecule has 0 aliphatic heterocycles. The third-order valence-corrected chi connectivity index (χ3v) is 6.37. The molecule has 0 aromatic heterocycles. The molecule has 102 valence electrons. The van der Waals surface area contributed by atoms with Gasteiger partial charge >= 0.3 is 0 Å². The van der Waals surface area contributed by atoms with Gasteiger partial charge in [0.15, 0.2) is 0 Å². The summed E-state index contributed by atoms with van der Waals surface area (Å²) in [5.74, 6) is 3.01. The summed E-state index contributed by atoms with van der Waals surface area (Å²) in [6.07, 6.45) is 9.58. The SMILES string of the molecule is CCC(C)(NC(C)=O)C12CC3CC(CC(C3)C1)C2. The molecule has 4 bridgehead atoms. The Bertz CT molecular complexity index is 327. The highest BCUT2D eigenvalue weighted by Gasteiger charge is 2.58. The van der Waals surface area contributed by atoms with E-state index in [1.807, 2.05) is 0 Å². The Morgan fingerprint density at radius 2 is 1.61 bits per heavy atom. The minimum Gasteiger partial charge on any atom is -0.351 e. The normalized spacial score (nSPS) is 44.7. The zero-order chi connectivity index (χ0) is 13.0. The topological polar surface area (TPSA) is 29.1 Å². The van der Waals surface area contributed by atoms with Crippen LogP contribution in [0.2, 0.25) is 0 Å².